The van der Waals surface area contributed by atoms with E-state index in [1.54, 1.807) is 12.1 Å². The minimum Gasteiger partial charge on any atom is -0.481 e. The Morgan fingerprint density at radius 3 is 2.27 bits per heavy atom. The molecule has 3 aromatic rings. The highest BCUT2D eigenvalue weighted by atomic mass is 19.1. The van der Waals surface area contributed by atoms with Gasteiger partial charge in [-0.3, -0.25) is 9.59 Å². The largest absolute Gasteiger partial charge is 0.481 e. The molecular formula is C27H30FNO4. The van der Waals surface area contributed by atoms with Gasteiger partial charge in [0, 0.05) is 23.4 Å². The number of benzene rings is 2. The number of aromatic nitrogens is 1. The first-order valence-electron chi connectivity index (χ1n) is 11.3. The Morgan fingerprint density at radius 1 is 1.03 bits per heavy atom. The molecule has 1 atom stereocenters. The summed E-state index contributed by atoms with van der Waals surface area (Å²) in [5.74, 6) is -1.28. The molecule has 0 radical (unpaired) electrons. The average molecular weight is 452 g/mol. The van der Waals surface area contributed by atoms with E-state index in [0.29, 0.717) is 31.4 Å². The van der Waals surface area contributed by atoms with Crippen molar-refractivity contribution in [1.82, 2.24) is 4.57 Å². The highest BCUT2D eigenvalue weighted by molar-refractivity contribution is 5.97. The Bertz CT molecular complexity index is 1090. The second-order valence-corrected chi connectivity index (χ2v) is 8.57. The van der Waals surface area contributed by atoms with Gasteiger partial charge in [-0.05, 0) is 60.6 Å². The van der Waals surface area contributed by atoms with E-state index in [1.807, 2.05) is 44.2 Å². The van der Waals surface area contributed by atoms with Crippen LogP contribution in [-0.4, -0.2) is 33.1 Å². The normalized spacial score (nSPS) is 12.2. The summed E-state index contributed by atoms with van der Waals surface area (Å²) in [7, 11) is 0. The van der Waals surface area contributed by atoms with Crippen LogP contribution >= 0.6 is 0 Å². The number of aliphatic carboxylic acids is 1. The Balaban J connectivity index is 2.08. The summed E-state index contributed by atoms with van der Waals surface area (Å²) in [5.41, 5.74) is 4.95. The Hall–Kier alpha value is -3.25. The van der Waals surface area contributed by atoms with E-state index >= 15 is 0 Å². The standard InChI is InChI=1S/C27H30FNO4/c1-18(2)26-23(17-30)25(19-8-4-3-5-9-19)27(20-11-13-21(28)14-12-20)29(26)15-7-6-10-22(31)16-24(32)33/h3-5,8-9,11-14,17-18,22,31H,6-7,10,15-16H2,1-2H3,(H,32,33). The van der Waals surface area contributed by atoms with Crippen LogP contribution < -0.4 is 0 Å². The van der Waals surface area contributed by atoms with Gasteiger partial charge in [0.15, 0.2) is 6.29 Å². The first kappa shape index (κ1) is 24.4. The molecule has 0 fully saturated rings. The van der Waals surface area contributed by atoms with Crippen molar-refractivity contribution in [1.29, 1.82) is 0 Å². The molecular weight excluding hydrogens is 421 g/mol. The number of nitrogens with zero attached hydrogens (tertiary/aromatic N) is 1. The second-order valence-electron chi connectivity index (χ2n) is 8.57. The molecule has 5 nitrogen and oxygen atoms in total. The van der Waals surface area contributed by atoms with Crippen molar-refractivity contribution in [2.45, 2.75) is 58.1 Å². The van der Waals surface area contributed by atoms with Crippen LogP contribution in [0, 0.1) is 5.82 Å². The van der Waals surface area contributed by atoms with Crippen LogP contribution in [0.1, 0.15) is 61.5 Å². The smallest absolute Gasteiger partial charge is 0.305 e. The molecule has 2 aromatic carbocycles. The number of aldehydes is 1. The molecule has 0 saturated carbocycles. The van der Waals surface area contributed by atoms with Crippen molar-refractivity contribution >= 4 is 12.3 Å². The van der Waals surface area contributed by atoms with Gasteiger partial charge in [0.05, 0.1) is 18.2 Å². The van der Waals surface area contributed by atoms with Crippen LogP contribution in [0.25, 0.3) is 22.4 Å². The van der Waals surface area contributed by atoms with Crippen molar-refractivity contribution in [3.8, 4) is 22.4 Å². The highest BCUT2D eigenvalue weighted by Crippen LogP contribution is 2.41. The summed E-state index contributed by atoms with van der Waals surface area (Å²) in [6.45, 7) is 4.67. The number of carboxylic acid groups (broad SMARTS) is 1. The van der Waals surface area contributed by atoms with Gasteiger partial charge in [0.25, 0.3) is 0 Å². The summed E-state index contributed by atoms with van der Waals surface area (Å²) >= 11 is 0. The summed E-state index contributed by atoms with van der Waals surface area (Å²) in [5, 5.41) is 18.7. The predicted octanol–water partition coefficient (Wildman–Crippen LogP) is 5.90. The van der Waals surface area contributed by atoms with Crippen molar-refractivity contribution in [2.75, 3.05) is 0 Å². The monoisotopic (exact) mass is 451 g/mol. The maximum Gasteiger partial charge on any atom is 0.305 e. The Labute approximate surface area is 193 Å². The SMILES string of the molecule is CC(C)c1c(C=O)c(-c2ccccc2)c(-c2ccc(F)cc2)n1CCCCC(O)CC(=O)O. The number of aliphatic hydroxyl groups excluding tert-OH is 1. The molecule has 33 heavy (non-hydrogen) atoms. The van der Waals surface area contributed by atoms with Gasteiger partial charge in [0.1, 0.15) is 5.82 Å². The number of rotatable bonds is 11. The van der Waals surface area contributed by atoms with Gasteiger partial charge in [-0.25, -0.2) is 4.39 Å². The topological polar surface area (TPSA) is 79.5 Å². The zero-order valence-corrected chi connectivity index (χ0v) is 19.0. The van der Waals surface area contributed by atoms with Gasteiger partial charge in [-0.15, -0.1) is 0 Å². The molecule has 0 aliphatic carbocycles. The van der Waals surface area contributed by atoms with E-state index < -0.39 is 12.1 Å². The first-order chi connectivity index (χ1) is 15.8. The third kappa shape index (κ3) is 5.76. The third-order valence-corrected chi connectivity index (χ3v) is 5.77. The lowest BCUT2D eigenvalue weighted by molar-refractivity contribution is -0.139. The molecule has 3 rings (SSSR count). The number of carboxylic acids is 1. The molecule has 0 saturated heterocycles. The average Bonchev–Trinajstić information content (AvgIpc) is 3.11. The molecule has 0 bridgehead atoms. The molecule has 0 amide bonds. The molecule has 1 aromatic heterocycles. The predicted molar refractivity (Wildman–Crippen MR) is 127 cm³/mol. The van der Waals surface area contributed by atoms with Crippen LogP contribution in [0.5, 0.6) is 0 Å². The quantitative estimate of drug-likeness (QED) is 0.281. The lowest BCUT2D eigenvalue weighted by Crippen LogP contribution is -2.13. The molecule has 0 aliphatic rings. The zero-order chi connectivity index (χ0) is 24.0. The number of hydrogen-bond acceptors (Lipinski definition) is 3. The van der Waals surface area contributed by atoms with E-state index in [0.717, 1.165) is 34.4 Å². The maximum atomic E-state index is 13.7. The van der Waals surface area contributed by atoms with Gasteiger partial charge < -0.3 is 14.8 Å². The van der Waals surface area contributed by atoms with Gasteiger partial charge in [0.2, 0.25) is 0 Å². The van der Waals surface area contributed by atoms with Crippen LogP contribution in [0.2, 0.25) is 0 Å². The van der Waals surface area contributed by atoms with E-state index in [2.05, 4.69) is 4.57 Å². The van der Waals surface area contributed by atoms with Crippen LogP contribution in [0.3, 0.4) is 0 Å². The summed E-state index contributed by atoms with van der Waals surface area (Å²) in [6, 6.07) is 16.0. The number of halogens is 1. The molecule has 0 aliphatic heterocycles. The minimum absolute atomic E-state index is 0.0689. The van der Waals surface area contributed by atoms with E-state index in [4.69, 9.17) is 5.11 Å². The van der Waals surface area contributed by atoms with Gasteiger partial charge in [-0.1, -0.05) is 44.2 Å². The van der Waals surface area contributed by atoms with E-state index in [9.17, 15) is 19.1 Å². The van der Waals surface area contributed by atoms with Crippen LogP contribution in [-0.2, 0) is 11.3 Å². The maximum absolute atomic E-state index is 13.7. The van der Waals surface area contributed by atoms with Crippen molar-refractivity contribution in [3.63, 3.8) is 0 Å². The minimum atomic E-state index is -1.02. The van der Waals surface area contributed by atoms with Crippen molar-refractivity contribution in [2.24, 2.45) is 0 Å². The van der Waals surface area contributed by atoms with Gasteiger partial charge in [-0.2, -0.15) is 0 Å². The highest BCUT2D eigenvalue weighted by Gasteiger charge is 2.26. The fourth-order valence-corrected chi connectivity index (χ4v) is 4.39. The molecule has 1 unspecified atom stereocenters. The first-order valence-corrected chi connectivity index (χ1v) is 11.3. The molecule has 0 spiro atoms. The number of unbranched alkanes of at least 4 members (excludes halogenated alkanes) is 1. The lowest BCUT2D eigenvalue weighted by atomic mass is 9.96. The zero-order valence-electron chi connectivity index (χ0n) is 19.0. The van der Waals surface area contributed by atoms with Gasteiger partial charge >= 0.3 is 5.97 Å². The fraction of sp³-hybridized carbons (Fsp3) is 0.333. The summed E-state index contributed by atoms with van der Waals surface area (Å²) in [6.07, 6.45) is 1.49. The second kappa shape index (κ2) is 11.1. The number of aliphatic hydroxyl groups is 1. The van der Waals surface area contributed by atoms with Crippen molar-refractivity contribution in [3.05, 3.63) is 71.7 Å². The third-order valence-electron chi connectivity index (χ3n) is 5.77. The number of carbonyl (C=O) groups is 2. The molecule has 6 heteroatoms. The summed E-state index contributed by atoms with van der Waals surface area (Å²) < 4.78 is 15.8. The van der Waals surface area contributed by atoms with Crippen LogP contribution in [0.15, 0.2) is 54.6 Å². The summed E-state index contributed by atoms with van der Waals surface area (Å²) in [4.78, 5) is 23.1. The lowest BCUT2D eigenvalue weighted by Gasteiger charge is -2.17. The molecule has 1 heterocycles. The number of hydrogen-bond donors (Lipinski definition) is 2. The van der Waals surface area contributed by atoms with E-state index in [-0.39, 0.29) is 18.2 Å². The van der Waals surface area contributed by atoms with E-state index in [1.165, 1.54) is 12.1 Å². The Kier molecular flexibility index (Phi) is 8.17. The van der Waals surface area contributed by atoms with Crippen LogP contribution in [0.4, 0.5) is 4.39 Å². The van der Waals surface area contributed by atoms with Crippen molar-refractivity contribution < 1.29 is 24.2 Å². The Morgan fingerprint density at radius 2 is 1.70 bits per heavy atom. The fourth-order valence-electron chi connectivity index (χ4n) is 4.39. The number of carbonyl (C=O) groups excluding carboxylic acids is 1. The molecule has 2 N–H and O–H groups in total. The molecule has 174 valence electrons.